The number of aliphatic imine (C=N–C) groups is 1. The zero-order chi connectivity index (χ0) is 18.4. The van der Waals surface area contributed by atoms with Crippen LogP contribution in [-0.2, 0) is 5.41 Å². The minimum absolute atomic E-state index is 0.0997. The predicted octanol–water partition coefficient (Wildman–Crippen LogP) is 3.86. The lowest BCUT2D eigenvalue weighted by atomic mass is 9.91. The number of thiophene rings is 1. The van der Waals surface area contributed by atoms with Gasteiger partial charge >= 0.3 is 0 Å². The lowest BCUT2D eigenvalue weighted by Gasteiger charge is -2.35. The molecular weight excluding hydrogens is 340 g/mol. The summed E-state index contributed by atoms with van der Waals surface area (Å²) >= 11 is 1.82. The topological polar surface area (TPSA) is 39.7 Å². The summed E-state index contributed by atoms with van der Waals surface area (Å²) in [4.78, 5) is 8.29. The normalized spacial score (nSPS) is 16.6. The molecule has 0 amide bonds. The second-order valence-corrected chi connectivity index (χ2v) is 8.48. The third-order valence-electron chi connectivity index (χ3n) is 5.07. The van der Waals surface area contributed by atoms with Crippen molar-refractivity contribution in [3.8, 4) is 0 Å². The van der Waals surface area contributed by atoms with E-state index >= 15 is 0 Å². The maximum atomic E-state index is 4.43. The molecule has 0 unspecified atom stereocenters. The van der Waals surface area contributed by atoms with Crippen LogP contribution in [0.5, 0.6) is 0 Å². The van der Waals surface area contributed by atoms with Gasteiger partial charge in [-0.25, -0.2) is 0 Å². The van der Waals surface area contributed by atoms with Gasteiger partial charge in [-0.15, -0.1) is 11.3 Å². The standard InChI is InChI=1S/C21H30N4S/c1-21(2,19-10-7-15-26-19)16-23-20(22-3)24-17-11-13-25(14-12-17)18-8-5-4-6-9-18/h4-10,15,17H,11-14,16H2,1-3H3,(H2,22,23,24). The summed E-state index contributed by atoms with van der Waals surface area (Å²) in [6, 6.07) is 15.5. The molecule has 0 bridgehead atoms. The molecule has 3 rings (SSSR count). The van der Waals surface area contributed by atoms with Crippen molar-refractivity contribution in [3.63, 3.8) is 0 Å². The average molecular weight is 371 g/mol. The highest BCUT2D eigenvalue weighted by molar-refractivity contribution is 7.10. The van der Waals surface area contributed by atoms with Crippen LogP contribution in [0.25, 0.3) is 0 Å². The number of piperidine rings is 1. The quantitative estimate of drug-likeness (QED) is 0.620. The highest BCUT2D eigenvalue weighted by atomic mass is 32.1. The molecule has 1 aromatic carbocycles. The molecule has 0 radical (unpaired) electrons. The molecule has 0 saturated carbocycles. The fourth-order valence-electron chi connectivity index (χ4n) is 3.36. The summed E-state index contributed by atoms with van der Waals surface area (Å²) < 4.78 is 0. The van der Waals surface area contributed by atoms with E-state index in [0.717, 1.165) is 38.4 Å². The van der Waals surface area contributed by atoms with Crippen LogP contribution < -0.4 is 15.5 Å². The van der Waals surface area contributed by atoms with Gasteiger partial charge in [-0.3, -0.25) is 4.99 Å². The maximum Gasteiger partial charge on any atom is 0.191 e. The molecule has 1 aliphatic rings. The molecule has 1 aromatic heterocycles. The highest BCUT2D eigenvalue weighted by Crippen LogP contribution is 2.26. The average Bonchev–Trinajstić information content (AvgIpc) is 3.22. The van der Waals surface area contributed by atoms with E-state index in [4.69, 9.17) is 0 Å². The smallest absolute Gasteiger partial charge is 0.191 e. The Labute approximate surface area is 161 Å². The third kappa shape index (κ3) is 4.79. The van der Waals surface area contributed by atoms with Gasteiger partial charge in [0, 0.05) is 48.7 Å². The first-order valence-electron chi connectivity index (χ1n) is 9.40. The van der Waals surface area contributed by atoms with E-state index in [0.29, 0.717) is 6.04 Å². The van der Waals surface area contributed by atoms with Crippen LogP contribution >= 0.6 is 11.3 Å². The van der Waals surface area contributed by atoms with Crippen LogP contribution in [0.15, 0.2) is 52.8 Å². The minimum Gasteiger partial charge on any atom is -0.371 e. The van der Waals surface area contributed by atoms with Gasteiger partial charge in [-0.1, -0.05) is 38.1 Å². The van der Waals surface area contributed by atoms with E-state index in [9.17, 15) is 0 Å². The molecule has 1 fully saturated rings. The van der Waals surface area contributed by atoms with Gasteiger partial charge in [0.05, 0.1) is 0 Å². The van der Waals surface area contributed by atoms with Gasteiger partial charge in [-0.05, 0) is 36.4 Å². The van der Waals surface area contributed by atoms with Gasteiger partial charge in [0.15, 0.2) is 5.96 Å². The lowest BCUT2D eigenvalue weighted by Crippen LogP contribution is -2.50. The van der Waals surface area contributed by atoms with Crippen molar-refractivity contribution < 1.29 is 0 Å². The first kappa shape index (κ1) is 18.8. The van der Waals surface area contributed by atoms with Crippen molar-refractivity contribution in [1.29, 1.82) is 0 Å². The summed E-state index contributed by atoms with van der Waals surface area (Å²) in [5.41, 5.74) is 1.42. The number of benzene rings is 1. The molecule has 2 heterocycles. The zero-order valence-electron chi connectivity index (χ0n) is 16.0. The van der Waals surface area contributed by atoms with Crippen molar-refractivity contribution in [2.24, 2.45) is 4.99 Å². The number of guanidine groups is 1. The summed E-state index contributed by atoms with van der Waals surface area (Å²) in [5.74, 6) is 0.910. The number of nitrogens with one attached hydrogen (secondary N) is 2. The van der Waals surface area contributed by atoms with Crippen LogP contribution in [0.4, 0.5) is 5.69 Å². The van der Waals surface area contributed by atoms with Gasteiger partial charge in [-0.2, -0.15) is 0 Å². The molecule has 2 aromatic rings. The van der Waals surface area contributed by atoms with Crippen molar-refractivity contribution in [1.82, 2.24) is 10.6 Å². The summed E-state index contributed by atoms with van der Waals surface area (Å²) in [5, 5.41) is 9.27. The monoisotopic (exact) mass is 370 g/mol. The molecule has 1 aliphatic heterocycles. The first-order chi connectivity index (χ1) is 12.6. The van der Waals surface area contributed by atoms with E-state index in [-0.39, 0.29) is 5.41 Å². The zero-order valence-corrected chi connectivity index (χ0v) is 16.9. The van der Waals surface area contributed by atoms with E-state index in [1.807, 2.05) is 18.4 Å². The Morgan fingerprint density at radius 1 is 1.15 bits per heavy atom. The van der Waals surface area contributed by atoms with Crippen LogP contribution in [0.1, 0.15) is 31.6 Å². The molecule has 1 saturated heterocycles. The Kier molecular flexibility index (Phi) is 6.20. The Morgan fingerprint density at radius 2 is 1.88 bits per heavy atom. The molecule has 0 aliphatic carbocycles. The Bertz CT molecular complexity index is 686. The summed E-state index contributed by atoms with van der Waals surface area (Å²) in [6.45, 7) is 7.59. The summed E-state index contributed by atoms with van der Waals surface area (Å²) in [7, 11) is 1.85. The second kappa shape index (κ2) is 8.58. The summed E-state index contributed by atoms with van der Waals surface area (Å²) in [6.07, 6.45) is 2.26. The van der Waals surface area contributed by atoms with E-state index in [2.05, 4.69) is 82.2 Å². The second-order valence-electron chi connectivity index (χ2n) is 7.53. The van der Waals surface area contributed by atoms with Crippen molar-refractivity contribution in [3.05, 3.63) is 52.7 Å². The van der Waals surface area contributed by atoms with Gasteiger partial charge in [0.25, 0.3) is 0 Å². The molecule has 4 nitrogen and oxygen atoms in total. The van der Waals surface area contributed by atoms with Crippen molar-refractivity contribution in [2.75, 3.05) is 31.6 Å². The van der Waals surface area contributed by atoms with Crippen molar-refractivity contribution in [2.45, 2.75) is 38.1 Å². The van der Waals surface area contributed by atoms with Crippen LogP contribution in [-0.4, -0.2) is 38.7 Å². The lowest BCUT2D eigenvalue weighted by molar-refractivity contribution is 0.455. The van der Waals surface area contributed by atoms with E-state index < -0.39 is 0 Å². The van der Waals surface area contributed by atoms with Gasteiger partial charge in [0.2, 0.25) is 0 Å². The number of nitrogens with zero attached hydrogens (tertiary/aromatic N) is 2. The highest BCUT2D eigenvalue weighted by Gasteiger charge is 2.24. The Hall–Kier alpha value is -2.01. The van der Waals surface area contributed by atoms with Gasteiger partial charge < -0.3 is 15.5 Å². The number of anilines is 1. The number of hydrogen-bond donors (Lipinski definition) is 2. The molecule has 0 spiro atoms. The largest absolute Gasteiger partial charge is 0.371 e. The Balaban J connectivity index is 1.47. The number of para-hydroxylation sites is 1. The fourth-order valence-corrected chi connectivity index (χ4v) is 4.22. The minimum atomic E-state index is 0.0997. The van der Waals surface area contributed by atoms with Crippen LogP contribution in [0, 0.1) is 0 Å². The molecule has 140 valence electrons. The first-order valence-corrected chi connectivity index (χ1v) is 10.3. The molecule has 0 atom stereocenters. The van der Waals surface area contributed by atoms with Crippen LogP contribution in [0.2, 0.25) is 0 Å². The predicted molar refractivity (Wildman–Crippen MR) is 114 cm³/mol. The molecule has 26 heavy (non-hydrogen) atoms. The molecular formula is C21H30N4S. The number of rotatable bonds is 5. The van der Waals surface area contributed by atoms with Crippen molar-refractivity contribution >= 4 is 23.0 Å². The number of hydrogen-bond acceptors (Lipinski definition) is 3. The molecule has 5 heteroatoms. The molecule has 2 N–H and O–H groups in total. The SMILES string of the molecule is CN=C(NCC(C)(C)c1cccs1)NC1CCN(c2ccccc2)CC1. The third-order valence-corrected chi connectivity index (χ3v) is 6.30. The maximum absolute atomic E-state index is 4.43. The Morgan fingerprint density at radius 3 is 2.50 bits per heavy atom. The van der Waals surface area contributed by atoms with Crippen LogP contribution in [0.3, 0.4) is 0 Å². The van der Waals surface area contributed by atoms with E-state index in [1.54, 1.807) is 0 Å². The van der Waals surface area contributed by atoms with E-state index in [1.165, 1.54) is 10.6 Å². The fraction of sp³-hybridized carbons (Fsp3) is 0.476. The van der Waals surface area contributed by atoms with Gasteiger partial charge in [0.1, 0.15) is 0 Å².